The average Bonchev–Trinajstić information content (AvgIpc) is 3.25. The molecule has 4 aromatic rings. The van der Waals surface area contributed by atoms with E-state index in [0.29, 0.717) is 0 Å². The third-order valence-corrected chi connectivity index (χ3v) is 4.24. The van der Waals surface area contributed by atoms with Gasteiger partial charge in [-0.2, -0.15) is 12.1 Å². The number of hydrogen-bond donors (Lipinski definition) is 0. The van der Waals surface area contributed by atoms with E-state index in [1.807, 2.05) is 12.1 Å². The molecule has 136 valence electrons. The first-order valence-corrected chi connectivity index (χ1v) is 8.31. The van der Waals surface area contributed by atoms with Crippen molar-refractivity contribution < 1.29 is 51.0 Å². The largest absolute Gasteiger partial charge is 4.00 e. The summed E-state index contributed by atoms with van der Waals surface area (Å²) in [6, 6.07) is 33.7. The minimum atomic E-state index is 0. The van der Waals surface area contributed by atoms with Crippen molar-refractivity contribution in [1.82, 2.24) is 0 Å². The minimum absolute atomic E-state index is 0. The molecule has 0 aliphatic rings. The molecule has 0 aromatic heterocycles. The van der Waals surface area contributed by atoms with Gasteiger partial charge in [-0.3, -0.25) is 0 Å². The average molecular weight is 473 g/mol. The van der Waals surface area contributed by atoms with Crippen molar-refractivity contribution in [3.8, 4) is 22.3 Å². The van der Waals surface area contributed by atoms with Gasteiger partial charge in [0.2, 0.25) is 0 Å². The quantitative estimate of drug-likeness (QED) is 0.378. The van der Waals surface area contributed by atoms with Gasteiger partial charge in [-0.1, -0.05) is 61.4 Å². The molecular formula is C24H22Cl2Zr. The molecule has 4 aromatic carbocycles. The zero-order chi connectivity index (χ0) is 16.8. The van der Waals surface area contributed by atoms with Gasteiger partial charge >= 0.3 is 26.2 Å². The molecule has 0 atom stereocenters. The molecule has 0 N–H and O–H groups in total. The van der Waals surface area contributed by atoms with Crippen molar-refractivity contribution in [2.24, 2.45) is 0 Å². The van der Waals surface area contributed by atoms with Crippen LogP contribution in [0.2, 0.25) is 0 Å². The van der Waals surface area contributed by atoms with Crippen LogP contribution in [0.5, 0.6) is 0 Å². The molecule has 0 heterocycles. The number of rotatable bonds is 2. The van der Waals surface area contributed by atoms with Crippen molar-refractivity contribution in [3.63, 3.8) is 0 Å². The molecule has 4 rings (SSSR count). The Labute approximate surface area is 194 Å². The Morgan fingerprint density at radius 2 is 0.815 bits per heavy atom. The summed E-state index contributed by atoms with van der Waals surface area (Å²) in [4.78, 5) is 0. The maximum atomic E-state index is 2.16. The zero-order valence-corrected chi connectivity index (χ0v) is 19.5. The smallest absolute Gasteiger partial charge is 1.00 e. The molecule has 0 unspecified atom stereocenters. The van der Waals surface area contributed by atoms with Crippen LogP contribution in [0.3, 0.4) is 0 Å². The topological polar surface area (TPSA) is 0 Å². The third-order valence-electron chi connectivity index (χ3n) is 4.24. The van der Waals surface area contributed by atoms with Crippen molar-refractivity contribution in [2.45, 2.75) is 13.8 Å². The summed E-state index contributed by atoms with van der Waals surface area (Å²) in [5, 5.41) is 0. The van der Waals surface area contributed by atoms with Crippen LogP contribution in [0.15, 0.2) is 97.1 Å². The van der Waals surface area contributed by atoms with E-state index in [2.05, 4.69) is 98.8 Å². The van der Waals surface area contributed by atoms with Crippen molar-refractivity contribution in [3.05, 3.63) is 108 Å². The van der Waals surface area contributed by atoms with E-state index in [4.69, 9.17) is 0 Å². The summed E-state index contributed by atoms with van der Waals surface area (Å²) in [6.45, 7) is 4.28. The molecule has 0 nitrogen and oxygen atoms in total. The molecule has 0 fully saturated rings. The maximum absolute atomic E-state index is 2.16. The molecule has 0 aliphatic carbocycles. The fraction of sp³-hybridized carbons (Fsp3) is 0.0833. The van der Waals surface area contributed by atoms with E-state index in [1.54, 1.807) is 0 Å². The van der Waals surface area contributed by atoms with E-state index < -0.39 is 0 Å². The molecule has 0 spiro atoms. The van der Waals surface area contributed by atoms with Crippen LogP contribution in [0.4, 0.5) is 0 Å². The van der Waals surface area contributed by atoms with Gasteiger partial charge in [-0.15, -0.1) is 70.8 Å². The summed E-state index contributed by atoms with van der Waals surface area (Å²) in [6.07, 6.45) is 0. The van der Waals surface area contributed by atoms with Gasteiger partial charge in [-0.05, 0) is 0 Å². The number of aryl methyl sites for hydroxylation is 2. The summed E-state index contributed by atoms with van der Waals surface area (Å²) in [5.74, 6) is 0. The molecule has 0 bridgehead atoms. The Bertz CT molecular complexity index is 801. The van der Waals surface area contributed by atoms with Gasteiger partial charge in [0, 0.05) is 0 Å². The van der Waals surface area contributed by atoms with Gasteiger partial charge in [0.25, 0.3) is 0 Å². The molecule has 3 heteroatoms. The number of hydrogen-bond acceptors (Lipinski definition) is 0. The van der Waals surface area contributed by atoms with Gasteiger partial charge in [-0.25, -0.2) is 0 Å². The zero-order valence-electron chi connectivity index (χ0n) is 15.5. The van der Waals surface area contributed by atoms with Gasteiger partial charge in [0.05, 0.1) is 0 Å². The molecular weight excluding hydrogens is 450 g/mol. The van der Waals surface area contributed by atoms with E-state index in [1.165, 1.54) is 33.4 Å². The van der Waals surface area contributed by atoms with Crippen molar-refractivity contribution in [1.29, 1.82) is 0 Å². The Morgan fingerprint density at radius 3 is 1.07 bits per heavy atom. The van der Waals surface area contributed by atoms with E-state index >= 15 is 0 Å². The molecule has 27 heavy (non-hydrogen) atoms. The van der Waals surface area contributed by atoms with Gasteiger partial charge in [0.15, 0.2) is 0 Å². The second-order valence-electron chi connectivity index (χ2n) is 5.98. The second-order valence-corrected chi connectivity index (χ2v) is 5.98. The van der Waals surface area contributed by atoms with Crippen LogP contribution >= 0.6 is 0 Å². The van der Waals surface area contributed by atoms with E-state index in [-0.39, 0.29) is 51.0 Å². The van der Waals surface area contributed by atoms with Crippen LogP contribution in [-0.4, -0.2) is 0 Å². The standard InChI is InChI=1S/2C12H11.2ClH.Zr/c2*1-10-6-5-9-12(10)11-7-3-2-4-8-11;;;/h2*2-9H,1H3;2*1H;/q2*-1;;;+4/p-2. The van der Waals surface area contributed by atoms with Crippen LogP contribution in [0.25, 0.3) is 22.3 Å². The van der Waals surface area contributed by atoms with Crippen LogP contribution in [0, 0.1) is 13.8 Å². The molecule has 0 radical (unpaired) electrons. The van der Waals surface area contributed by atoms with Gasteiger partial charge in [0.1, 0.15) is 0 Å². The summed E-state index contributed by atoms with van der Waals surface area (Å²) in [5.41, 5.74) is 7.99. The van der Waals surface area contributed by atoms with E-state index in [0.717, 1.165) is 0 Å². The first kappa shape index (κ1) is 25.6. The summed E-state index contributed by atoms with van der Waals surface area (Å²) >= 11 is 0. The Balaban J connectivity index is 0.000000451. The predicted molar refractivity (Wildman–Crippen MR) is 104 cm³/mol. The number of benzene rings is 2. The maximum Gasteiger partial charge on any atom is 4.00 e. The normalized spacial score (nSPS) is 8.96. The Hall–Kier alpha value is -1.40. The Kier molecular flexibility index (Phi) is 12.2. The van der Waals surface area contributed by atoms with Crippen LogP contribution in [-0.2, 0) is 26.2 Å². The fourth-order valence-corrected chi connectivity index (χ4v) is 2.90. The summed E-state index contributed by atoms with van der Waals surface area (Å²) < 4.78 is 0. The monoisotopic (exact) mass is 470 g/mol. The summed E-state index contributed by atoms with van der Waals surface area (Å²) in [7, 11) is 0. The molecule has 0 saturated carbocycles. The van der Waals surface area contributed by atoms with E-state index in [9.17, 15) is 0 Å². The fourth-order valence-electron chi connectivity index (χ4n) is 2.90. The van der Waals surface area contributed by atoms with Gasteiger partial charge < -0.3 is 24.8 Å². The third kappa shape index (κ3) is 6.93. The molecule has 0 aliphatic heterocycles. The minimum Gasteiger partial charge on any atom is -1.00 e. The SMILES string of the molecule is Cc1ccc[c-]1-c1ccccc1.Cc1ccc[c-]1-c1ccccc1.[Cl-].[Cl-].[Zr+4]. The second kappa shape index (κ2) is 12.9. The van der Waals surface area contributed by atoms with Crippen LogP contribution < -0.4 is 24.8 Å². The van der Waals surface area contributed by atoms with Crippen molar-refractivity contribution >= 4 is 0 Å². The molecule has 0 saturated heterocycles. The first-order valence-electron chi connectivity index (χ1n) is 8.31. The Morgan fingerprint density at radius 1 is 0.481 bits per heavy atom. The predicted octanol–water partition coefficient (Wildman–Crippen LogP) is 0.767. The first-order chi connectivity index (χ1) is 11.8. The molecule has 0 amide bonds. The van der Waals surface area contributed by atoms with Crippen molar-refractivity contribution in [2.75, 3.05) is 0 Å². The van der Waals surface area contributed by atoms with Crippen LogP contribution in [0.1, 0.15) is 11.1 Å². The number of halogens is 2.